The van der Waals surface area contributed by atoms with Crippen molar-refractivity contribution in [1.29, 1.82) is 0 Å². The van der Waals surface area contributed by atoms with Gasteiger partial charge < -0.3 is 15.4 Å². The van der Waals surface area contributed by atoms with Crippen LogP contribution >= 0.6 is 0 Å². The van der Waals surface area contributed by atoms with Crippen LogP contribution in [-0.2, 0) is 9.53 Å². The van der Waals surface area contributed by atoms with Crippen molar-refractivity contribution in [1.82, 2.24) is 10.6 Å². The molecule has 17 heavy (non-hydrogen) atoms. The standard InChI is InChI=1S/C13H24N2O2/c1-9-4-6-14-11(9)12(16)15-10-5-7-17-13(2,3)8-10/h9-11,14H,4-8H2,1-3H3,(H,15,16). The molecule has 0 spiro atoms. The van der Waals surface area contributed by atoms with Gasteiger partial charge in [-0.1, -0.05) is 6.92 Å². The zero-order chi connectivity index (χ0) is 12.5. The molecule has 0 aromatic heterocycles. The molecule has 0 aromatic rings. The quantitative estimate of drug-likeness (QED) is 0.759. The average molecular weight is 240 g/mol. The highest BCUT2D eigenvalue weighted by atomic mass is 16.5. The van der Waals surface area contributed by atoms with E-state index in [1.54, 1.807) is 0 Å². The normalized spacial score (nSPS) is 36.8. The van der Waals surface area contributed by atoms with Crippen LogP contribution in [0.1, 0.15) is 40.0 Å². The molecule has 2 aliphatic heterocycles. The van der Waals surface area contributed by atoms with Crippen molar-refractivity contribution in [3.05, 3.63) is 0 Å². The lowest BCUT2D eigenvalue weighted by molar-refractivity contribution is -0.126. The lowest BCUT2D eigenvalue weighted by Gasteiger charge is -2.36. The Bertz CT molecular complexity index is 291. The maximum atomic E-state index is 12.1. The van der Waals surface area contributed by atoms with Crippen molar-refractivity contribution < 1.29 is 9.53 Å². The van der Waals surface area contributed by atoms with Crippen LogP contribution in [0.5, 0.6) is 0 Å². The van der Waals surface area contributed by atoms with Gasteiger partial charge >= 0.3 is 0 Å². The van der Waals surface area contributed by atoms with Gasteiger partial charge in [0, 0.05) is 12.6 Å². The molecule has 2 saturated heterocycles. The van der Waals surface area contributed by atoms with E-state index in [1.165, 1.54) is 0 Å². The maximum Gasteiger partial charge on any atom is 0.237 e. The fourth-order valence-corrected chi connectivity index (χ4v) is 2.83. The summed E-state index contributed by atoms with van der Waals surface area (Å²) in [5.74, 6) is 0.612. The molecule has 4 nitrogen and oxygen atoms in total. The summed E-state index contributed by atoms with van der Waals surface area (Å²) >= 11 is 0. The van der Waals surface area contributed by atoms with Gasteiger partial charge in [-0.25, -0.2) is 0 Å². The first-order chi connectivity index (χ1) is 7.98. The van der Waals surface area contributed by atoms with Crippen LogP contribution in [0.15, 0.2) is 0 Å². The third-order valence-corrected chi connectivity index (χ3v) is 3.86. The van der Waals surface area contributed by atoms with E-state index >= 15 is 0 Å². The van der Waals surface area contributed by atoms with Gasteiger partial charge in [-0.2, -0.15) is 0 Å². The molecule has 1 amide bonds. The third kappa shape index (κ3) is 3.19. The summed E-state index contributed by atoms with van der Waals surface area (Å²) in [5, 5.41) is 6.44. The number of ether oxygens (including phenoxy) is 1. The highest BCUT2D eigenvalue weighted by Gasteiger charge is 2.33. The average Bonchev–Trinajstić information content (AvgIpc) is 2.62. The Morgan fingerprint density at radius 2 is 2.18 bits per heavy atom. The van der Waals surface area contributed by atoms with E-state index in [-0.39, 0.29) is 23.6 Å². The van der Waals surface area contributed by atoms with E-state index in [0.29, 0.717) is 5.92 Å². The lowest BCUT2D eigenvalue weighted by atomic mass is 9.93. The monoisotopic (exact) mass is 240 g/mol. The van der Waals surface area contributed by atoms with E-state index in [0.717, 1.165) is 32.4 Å². The molecule has 0 saturated carbocycles. The van der Waals surface area contributed by atoms with Crippen LogP contribution in [0.4, 0.5) is 0 Å². The van der Waals surface area contributed by atoms with Crippen LogP contribution in [-0.4, -0.2) is 36.7 Å². The number of nitrogens with one attached hydrogen (secondary N) is 2. The van der Waals surface area contributed by atoms with Crippen LogP contribution in [0.25, 0.3) is 0 Å². The first-order valence-corrected chi connectivity index (χ1v) is 6.66. The Balaban J connectivity index is 1.86. The number of carbonyl (C=O) groups excluding carboxylic acids is 1. The third-order valence-electron chi connectivity index (χ3n) is 3.86. The molecule has 2 rings (SSSR count). The predicted molar refractivity (Wildman–Crippen MR) is 66.8 cm³/mol. The van der Waals surface area contributed by atoms with Crippen molar-refractivity contribution in [3.63, 3.8) is 0 Å². The number of carbonyl (C=O) groups is 1. The molecule has 4 heteroatoms. The molecule has 2 aliphatic rings. The first-order valence-electron chi connectivity index (χ1n) is 6.66. The smallest absolute Gasteiger partial charge is 0.237 e. The Labute approximate surface area is 103 Å². The zero-order valence-electron chi connectivity index (χ0n) is 11.1. The molecule has 98 valence electrons. The fraction of sp³-hybridized carbons (Fsp3) is 0.923. The van der Waals surface area contributed by atoms with Gasteiger partial charge in [-0.15, -0.1) is 0 Å². The van der Waals surface area contributed by atoms with E-state index < -0.39 is 0 Å². The van der Waals surface area contributed by atoms with E-state index in [2.05, 4.69) is 31.4 Å². The molecule has 2 fully saturated rings. The van der Waals surface area contributed by atoms with Gasteiger partial charge in [0.2, 0.25) is 5.91 Å². The minimum atomic E-state index is -0.106. The molecule has 0 radical (unpaired) electrons. The van der Waals surface area contributed by atoms with Gasteiger partial charge in [0.1, 0.15) is 0 Å². The van der Waals surface area contributed by atoms with E-state index in [1.807, 2.05) is 0 Å². The molecule has 0 aliphatic carbocycles. The summed E-state index contributed by atoms with van der Waals surface area (Å²) in [6.07, 6.45) is 2.92. The Morgan fingerprint density at radius 1 is 1.41 bits per heavy atom. The SMILES string of the molecule is CC1CCNC1C(=O)NC1CCOC(C)(C)C1. The van der Waals surface area contributed by atoms with Crippen molar-refractivity contribution >= 4 is 5.91 Å². The van der Waals surface area contributed by atoms with E-state index in [4.69, 9.17) is 4.74 Å². The van der Waals surface area contributed by atoms with Gasteiger partial charge in [-0.05, 0) is 45.6 Å². The minimum Gasteiger partial charge on any atom is -0.375 e. The summed E-state index contributed by atoms with van der Waals surface area (Å²) in [5.41, 5.74) is -0.106. The molecular formula is C13H24N2O2. The number of rotatable bonds is 2. The number of hydrogen-bond acceptors (Lipinski definition) is 3. The van der Waals surface area contributed by atoms with Crippen LogP contribution in [0, 0.1) is 5.92 Å². The Hall–Kier alpha value is -0.610. The van der Waals surface area contributed by atoms with Crippen LogP contribution < -0.4 is 10.6 Å². The Kier molecular flexibility index (Phi) is 3.73. The van der Waals surface area contributed by atoms with Gasteiger partial charge in [0.05, 0.1) is 11.6 Å². The summed E-state index contributed by atoms with van der Waals surface area (Å²) in [4.78, 5) is 12.1. The van der Waals surface area contributed by atoms with Crippen LogP contribution in [0.3, 0.4) is 0 Å². The highest BCUT2D eigenvalue weighted by Crippen LogP contribution is 2.24. The summed E-state index contributed by atoms with van der Waals surface area (Å²) in [7, 11) is 0. The second-order valence-electron chi connectivity index (χ2n) is 6.00. The molecule has 2 heterocycles. The molecule has 2 N–H and O–H groups in total. The predicted octanol–water partition coefficient (Wildman–Crippen LogP) is 1.06. The van der Waals surface area contributed by atoms with E-state index in [9.17, 15) is 4.79 Å². The molecular weight excluding hydrogens is 216 g/mol. The fourth-order valence-electron chi connectivity index (χ4n) is 2.83. The second-order valence-corrected chi connectivity index (χ2v) is 6.00. The van der Waals surface area contributed by atoms with Gasteiger partial charge in [-0.3, -0.25) is 4.79 Å². The van der Waals surface area contributed by atoms with Crippen molar-refractivity contribution in [2.45, 2.75) is 57.7 Å². The summed E-state index contributed by atoms with van der Waals surface area (Å²) in [6.45, 7) is 8.01. The van der Waals surface area contributed by atoms with Gasteiger partial charge in [0.25, 0.3) is 0 Å². The number of amides is 1. The summed E-state index contributed by atoms with van der Waals surface area (Å²) in [6, 6.07) is 0.266. The number of hydrogen-bond donors (Lipinski definition) is 2. The van der Waals surface area contributed by atoms with Crippen molar-refractivity contribution in [2.24, 2.45) is 5.92 Å². The lowest BCUT2D eigenvalue weighted by Crippen LogP contribution is -2.51. The Morgan fingerprint density at radius 3 is 2.76 bits per heavy atom. The zero-order valence-corrected chi connectivity index (χ0v) is 11.1. The van der Waals surface area contributed by atoms with Crippen molar-refractivity contribution in [2.75, 3.05) is 13.2 Å². The highest BCUT2D eigenvalue weighted by molar-refractivity contribution is 5.82. The minimum absolute atomic E-state index is 0.000886. The topological polar surface area (TPSA) is 50.4 Å². The molecule has 3 atom stereocenters. The molecule has 0 aromatic carbocycles. The first kappa shape index (κ1) is 12.8. The largest absolute Gasteiger partial charge is 0.375 e. The maximum absolute atomic E-state index is 12.1. The van der Waals surface area contributed by atoms with Gasteiger partial charge in [0.15, 0.2) is 0 Å². The van der Waals surface area contributed by atoms with Crippen molar-refractivity contribution in [3.8, 4) is 0 Å². The molecule has 0 bridgehead atoms. The van der Waals surface area contributed by atoms with Crippen LogP contribution in [0.2, 0.25) is 0 Å². The second kappa shape index (κ2) is 4.94. The summed E-state index contributed by atoms with van der Waals surface area (Å²) < 4.78 is 5.66. The molecule has 3 unspecified atom stereocenters.